The van der Waals surface area contributed by atoms with Crippen molar-refractivity contribution in [3.05, 3.63) is 17.5 Å². The number of urea groups is 1. The molecule has 2 aliphatic rings. The van der Waals surface area contributed by atoms with Gasteiger partial charge in [-0.2, -0.15) is 0 Å². The van der Waals surface area contributed by atoms with Crippen LogP contribution in [0.1, 0.15) is 6.42 Å². The van der Waals surface area contributed by atoms with Gasteiger partial charge >= 0.3 is 6.03 Å². The standard InChI is InChI=1S/C16H26N4O2S/c21-16(17-4-2-5-18-10-12-22-13-11-18)20-8-6-19(7-9-20)15-3-1-14-23-15/h1,3,14H,2,4-13H2,(H,17,21). The Kier molecular flexibility index (Phi) is 6.13. The van der Waals surface area contributed by atoms with Gasteiger partial charge in [-0.15, -0.1) is 11.3 Å². The maximum Gasteiger partial charge on any atom is 0.317 e. The zero-order chi connectivity index (χ0) is 15.9. The molecular formula is C16H26N4O2S. The van der Waals surface area contributed by atoms with Crippen molar-refractivity contribution < 1.29 is 9.53 Å². The van der Waals surface area contributed by atoms with E-state index in [1.54, 1.807) is 11.3 Å². The summed E-state index contributed by atoms with van der Waals surface area (Å²) < 4.78 is 5.34. The molecule has 2 fully saturated rings. The Bertz CT molecular complexity index is 468. The number of hydrogen-bond acceptors (Lipinski definition) is 5. The lowest BCUT2D eigenvalue weighted by molar-refractivity contribution is 0.0375. The molecule has 2 amide bonds. The third-order valence-corrected chi connectivity index (χ3v) is 5.34. The second kappa shape index (κ2) is 8.52. The zero-order valence-corrected chi connectivity index (χ0v) is 14.4. The first-order valence-corrected chi connectivity index (χ1v) is 9.32. The van der Waals surface area contributed by atoms with E-state index >= 15 is 0 Å². The van der Waals surface area contributed by atoms with Gasteiger partial charge in [-0.25, -0.2) is 4.79 Å². The molecule has 7 heteroatoms. The van der Waals surface area contributed by atoms with Gasteiger partial charge in [0.2, 0.25) is 0 Å². The van der Waals surface area contributed by atoms with Crippen molar-refractivity contribution in [3.63, 3.8) is 0 Å². The molecule has 1 N–H and O–H groups in total. The zero-order valence-electron chi connectivity index (χ0n) is 13.6. The molecule has 1 aromatic heterocycles. The summed E-state index contributed by atoms with van der Waals surface area (Å²) in [7, 11) is 0. The lowest BCUT2D eigenvalue weighted by Gasteiger charge is -2.35. The monoisotopic (exact) mass is 338 g/mol. The van der Waals surface area contributed by atoms with Gasteiger partial charge in [0, 0.05) is 45.8 Å². The average molecular weight is 338 g/mol. The van der Waals surface area contributed by atoms with Crippen molar-refractivity contribution in [1.29, 1.82) is 0 Å². The van der Waals surface area contributed by atoms with Crippen molar-refractivity contribution in [2.75, 3.05) is 70.5 Å². The number of rotatable bonds is 5. The van der Waals surface area contributed by atoms with Gasteiger partial charge in [0.15, 0.2) is 0 Å². The molecule has 3 heterocycles. The maximum absolute atomic E-state index is 12.2. The number of carbonyl (C=O) groups excluding carboxylic acids is 1. The fourth-order valence-electron chi connectivity index (χ4n) is 3.01. The smallest absolute Gasteiger partial charge is 0.317 e. The molecular weight excluding hydrogens is 312 g/mol. The van der Waals surface area contributed by atoms with Gasteiger partial charge in [0.05, 0.1) is 18.2 Å². The minimum absolute atomic E-state index is 0.0813. The Labute approximate surface area is 142 Å². The molecule has 0 aliphatic carbocycles. The molecule has 0 radical (unpaired) electrons. The van der Waals surface area contributed by atoms with E-state index in [2.05, 4.69) is 32.6 Å². The topological polar surface area (TPSA) is 48.1 Å². The number of amides is 2. The fraction of sp³-hybridized carbons (Fsp3) is 0.688. The number of hydrogen-bond donors (Lipinski definition) is 1. The molecule has 0 bridgehead atoms. The third kappa shape index (κ3) is 4.83. The molecule has 2 aliphatic heterocycles. The van der Waals surface area contributed by atoms with Crippen molar-refractivity contribution in [2.24, 2.45) is 0 Å². The summed E-state index contributed by atoms with van der Waals surface area (Å²) in [4.78, 5) is 18.9. The first-order chi connectivity index (χ1) is 11.3. The lowest BCUT2D eigenvalue weighted by Crippen LogP contribution is -2.52. The van der Waals surface area contributed by atoms with E-state index in [1.807, 2.05) is 4.90 Å². The van der Waals surface area contributed by atoms with Crippen LogP contribution in [0.5, 0.6) is 0 Å². The van der Waals surface area contributed by atoms with Crippen molar-refractivity contribution in [3.8, 4) is 0 Å². The Morgan fingerprint density at radius 3 is 2.65 bits per heavy atom. The van der Waals surface area contributed by atoms with Crippen LogP contribution in [-0.4, -0.2) is 81.4 Å². The number of thiophene rings is 1. The molecule has 2 saturated heterocycles. The Morgan fingerprint density at radius 1 is 1.17 bits per heavy atom. The van der Waals surface area contributed by atoms with Gasteiger partial charge in [-0.05, 0) is 30.5 Å². The number of nitrogens with one attached hydrogen (secondary N) is 1. The van der Waals surface area contributed by atoms with E-state index in [4.69, 9.17) is 4.74 Å². The number of piperazine rings is 1. The minimum Gasteiger partial charge on any atom is -0.379 e. The molecule has 0 unspecified atom stereocenters. The summed E-state index contributed by atoms with van der Waals surface area (Å²) in [5.41, 5.74) is 0. The number of anilines is 1. The van der Waals surface area contributed by atoms with E-state index in [1.165, 1.54) is 5.00 Å². The van der Waals surface area contributed by atoms with Gasteiger partial charge < -0.3 is 19.9 Å². The van der Waals surface area contributed by atoms with Gasteiger partial charge in [-0.3, -0.25) is 4.90 Å². The Morgan fingerprint density at radius 2 is 1.96 bits per heavy atom. The maximum atomic E-state index is 12.2. The van der Waals surface area contributed by atoms with E-state index < -0.39 is 0 Å². The van der Waals surface area contributed by atoms with E-state index in [9.17, 15) is 4.79 Å². The highest BCUT2D eigenvalue weighted by atomic mass is 32.1. The molecule has 0 atom stereocenters. The highest BCUT2D eigenvalue weighted by Gasteiger charge is 2.21. The first kappa shape index (κ1) is 16.5. The van der Waals surface area contributed by atoms with E-state index in [-0.39, 0.29) is 6.03 Å². The van der Waals surface area contributed by atoms with Gasteiger partial charge in [0.25, 0.3) is 0 Å². The number of carbonyl (C=O) groups is 1. The van der Waals surface area contributed by atoms with Crippen LogP contribution in [0.3, 0.4) is 0 Å². The van der Waals surface area contributed by atoms with Crippen LogP contribution in [0.15, 0.2) is 17.5 Å². The molecule has 0 spiro atoms. The predicted octanol–water partition coefficient (Wildman–Crippen LogP) is 1.30. The average Bonchev–Trinajstić information content (AvgIpc) is 3.14. The SMILES string of the molecule is O=C(NCCCN1CCOCC1)N1CCN(c2cccs2)CC1. The van der Waals surface area contributed by atoms with Crippen molar-refractivity contribution >= 4 is 22.4 Å². The van der Waals surface area contributed by atoms with Crippen LogP contribution in [0.4, 0.5) is 9.80 Å². The second-order valence-electron chi connectivity index (χ2n) is 5.96. The number of ether oxygens (including phenoxy) is 1. The summed E-state index contributed by atoms with van der Waals surface area (Å²) >= 11 is 1.76. The quantitative estimate of drug-likeness (QED) is 0.822. The largest absolute Gasteiger partial charge is 0.379 e. The normalized spacial score (nSPS) is 19.8. The Balaban J connectivity index is 1.30. The van der Waals surface area contributed by atoms with Gasteiger partial charge in [0.1, 0.15) is 0 Å². The first-order valence-electron chi connectivity index (χ1n) is 8.44. The molecule has 0 aromatic carbocycles. The third-order valence-electron chi connectivity index (χ3n) is 4.42. The highest BCUT2D eigenvalue weighted by molar-refractivity contribution is 7.14. The fourth-order valence-corrected chi connectivity index (χ4v) is 3.80. The molecule has 1 aromatic rings. The van der Waals surface area contributed by atoms with Crippen LogP contribution in [0.25, 0.3) is 0 Å². The predicted molar refractivity (Wildman–Crippen MR) is 93.4 cm³/mol. The van der Waals surface area contributed by atoms with E-state index in [0.717, 1.165) is 72.0 Å². The second-order valence-corrected chi connectivity index (χ2v) is 6.89. The molecule has 6 nitrogen and oxygen atoms in total. The molecule has 23 heavy (non-hydrogen) atoms. The van der Waals surface area contributed by atoms with Crippen molar-refractivity contribution in [2.45, 2.75) is 6.42 Å². The molecule has 0 saturated carbocycles. The van der Waals surface area contributed by atoms with Crippen LogP contribution >= 0.6 is 11.3 Å². The summed E-state index contributed by atoms with van der Waals surface area (Å²) in [5.74, 6) is 0. The highest BCUT2D eigenvalue weighted by Crippen LogP contribution is 2.22. The van der Waals surface area contributed by atoms with Crippen molar-refractivity contribution in [1.82, 2.24) is 15.1 Å². The molecule has 3 rings (SSSR count). The van der Waals surface area contributed by atoms with Crippen LogP contribution in [0.2, 0.25) is 0 Å². The number of nitrogens with zero attached hydrogens (tertiary/aromatic N) is 3. The summed E-state index contributed by atoms with van der Waals surface area (Å²) in [6, 6.07) is 4.30. The van der Waals surface area contributed by atoms with E-state index in [0.29, 0.717) is 0 Å². The minimum atomic E-state index is 0.0813. The van der Waals surface area contributed by atoms with Crippen LogP contribution in [-0.2, 0) is 4.74 Å². The Hall–Kier alpha value is -1.31. The van der Waals surface area contributed by atoms with Crippen LogP contribution in [0, 0.1) is 0 Å². The lowest BCUT2D eigenvalue weighted by atomic mass is 10.3. The number of morpholine rings is 1. The summed E-state index contributed by atoms with van der Waals surface area (Å²) in [5, 5.41) is 6.46. The van der Waals surface area contributed by atoms with Crippen LogP contribution < -0.4 is 10.2 Å². The summed E-state index contributed by atoms with van der Waals surface area (Å²) in [6.07, 6.45) is 1.00. The van der Waals surface area contributed by atoms with Gasteiger partial charge in [-0.1, -0.05) is 0 Å². The summed E-state index contributed by atoms with van der Waals surface area (Å²) in [6.45, 7) is 8.92. The molecule has 128 valence electrons.